The van der Waals surface area contributed by atoms with E-state index in [9.17, 15) is 9.59 Å². The van der Waals surface area contributed by atoms with E-state index >= 15 is 0 Å². The lowest BCUT2D eigenvalue weighted by atomic mass is 10.0. The van der Waals surface area contributed by atoms with Crippen molar-refractivity contribution in [3.63, 3.8) is 0 Å². The second kappa shape index (κ2) is 6.28. The van der Waals surface area contributed by atoms with Gasteiger partial charge in [-0.25, -0.2) is 0 Å². The summed E-state index contributed by atoms with van der Waals surface area (Å²) in [7, 11) is 0. The Labute approximate surface area is 107 Å². The van der Waals surface area contributed by atoms with Crippen LogP contribution in [0.2, 0.25) is 0 Å². The summed E-state index contributed by atoms with van der Waals surface area (Å²) in [6.07, 6.45) is 1.97. The molecule has 0 aliphatic carbocycles. The third kappa shape index (κ3) is 3.63. The molecular weight excluding hydrogens is 238 g/mol. The summed E-state index contributed by atoms with van der Waals surface area (Å²) in [4.78, 5) is 25.3. The normalized spacial score (nSPS) is 23.5. The Morgan fingerprint density at radius 3 is 2.59 bits per heavy atom. The Morgan fingerprint density at radius 2 is 2.12 bits per heavy atom. The van der Waals surface area contributed by atoms with Crippen LogP contribution in [0.25, 0.3) is 0 Å². The van der Waals surface area contributed by atoms with Gasteiger partial charge in [-0.15, -0.1) is 11.8 Å². The van der Waals surface area contributed by atoms with Crippen LogP contribution in [0.1, 0.15) is 33.6 Å². The Bertz CT molecular complexity index is 287. The zero-order valence-corrected chi connectivity index (χ0v) is 11.6. The molecule has 17 heavy (non-hydrogen) atoms. The first-order valence-corrected chi connectivity index (χ1v) is 7.11. The first-order chi connectivity index (χ1) is 8.03. The zero-order chi connectivity index (χ0) is 12.9. The average molecular weight is 259 g/mol. The fourth-order valence-electron chi connectivity index (χ4n) is 1.97. The molecule has 0 saturated carbocycles. The minimum Gasteiger partial charge on any atom is -0.465 e. The van der Waals surface area contributed by atoms with Crippen LogP contribution in [0.4, 0.5) is 0 Å². The second-order valence-corrected chi connectivity index (χ2v) is 5.91. The van der Waals surface area contributed by atoms with Gasteiger partial charge in [0, 0.05) is 6.54 Å². The number of nitrogens with zero attached hydrogens (tertiary/aromatic N) is 1. The monoisotopic (exact) mass is 259 g/mol. The van der Waals surface area contributed by atoms with Crippen molar-refractivity contribution >= 4 is 23.6 Å². The maximum absolute atomic E-state index is 12.3. The van der Waals surface area contributed by atoms with Crippen molar-refractivity contribution in [2.45, 2.75) is 38.4 Å². The van der Waals surface area contributed by atoms with Gasteiger partial charge < -0.3 is 9.64 Å². The number of ether oxygens (including phenoxy) is 1. The summed E-state index contributed by atoms with van der Waals surface area (Å²) in [6.45, 7) is 6.61. The van der Waals surface area contributed by atoms with Gasteiger partial charge in [0.15, 0.2) is 0 Å². The number of hydrogen-bond donors (Lipinski definition) is 0. The van der Waals surface area contributed by atoms with Crippen molar-refractivity contribution in [2.75, 3.05) is 25.4 Å². The lowest BCUT2D eigenvalue weighted by molar-refractivity contribution is -0.149. The summed E-state index contributed by atoms with van der Waals surface area (Å²) in [5.41, 5.74) is 0. The largest absolute Gasteiger partial charge is 0.465 e. The van der Waals surface area contributed by atoms with Crippen LogP contribution in [-0.2, 0) is 14.3 Å². The number of hydrogen-bond acceptors (Lipinski definition) is 4. The number of amides is 1. The van der Waals surface area contributed by atoms with Crippen molar-refractivity contribution in [3.8, 4) is 0 Å². The molecule has 0 N–H and O–H groups in total. The minimum atomic E-state index is -0.345. The smallest absolute Gasteiger partial charge is 0.325 e. The molecule has 5 heteroatoms. The van der Waals surface area contributed by atoms with E-state index in [1.54, 1.807) is 23.6 Å². The molecule has 0 aromatic carbocycles. The molecule has 4 nitrogen and oxygen atoms in total. The van der Waals surface area contributed by atoms with Crippen LogP contribution < -0.4 is 0 Å². The van der Waals surface area contributed by atoms with Crippen molar-refractivity contribution in [2.24, 2.45) is 0 Å². The van der Waals surface area contributed by atoms with Crippen LogP contribution in [0.5, 0.6) is 0 Å². The van der Waals surface area contributed by atoms with Gasteiger partial charge in [-0.3, -0.25) is 9.59 Å². The number of carbonyl (C=O) groups excluding carboxylic acids is 2. The van der Waals surface area contributed by atoms with E-state index in [2.05, 4.69) is 0 Å². The molecule has 1 saturated heterocycles. The highest BCUT2D eigenvalue weighted by atomic mass is 32.2. The lowest BCUT2D eigenvalue weighted by Gasteiger charge is -2.29. The number of thioether (sulfide) groups is 1. The average Bonchev–Trinajstić information content (AvgIpc) is 2.74. The third-order valence-electron chi connectivity index (χ3n) is 2.97. The molecule has 0 aromatic rings. The molecule has 1 aliphatic rings. The molecule has 1 unspecified atom stereocenters. The SMILES string of the molecule is CCOC(=O)CN(CC)C(=O)C1(C)CCCS1. The fraction of sp³-hybridized carbons (Fsp3) is 0.833. The minimum absolute atomic E-state index is 0.0653. The van der Waals surface area contributed by atoms with Crippen molar-refractivity contribution in [3.05, 3.63) is 0 Å². The van der Waals surface area contributed by atoms with Crippen LogP contribution in [0.3, 0.4) is 0 Å². The summed E-state index contributed by atoms with van der Waals surface area (Å²) in [5.74, 6) is 0.768. The maximum atomic E-state index is 12.3. The molecule has 1 rings (SSSR count). The molecule has 0 spiro atoms. The van der Waals surface area contributed by atoms with Crippen LogP contribution in [0, 0.1) is 0 Å². The Hall–Kier alpha value is -0.710. The molecule has 0 aromatic heterocycles. The molecule has 0 radical (unpaired) electrons. The molecule has 1 amide bonds. The van der Waals surface area contributed by atoms with Gasteiger partial charge in [-0.2, -0.15) is 0 Å². The summed E-state index contributed by atoms with van der Waals surface area (Å²) in [6, 6.07) is 0. The lowest BCUT2D eigenvalue weighted by Crippen LogP contribution is -2.46. The molecule has 1 fully saturated rings. The van der Waals surface area contributed by atoms with E-state index in [4.69, 9.17) is 4.74 Å². The number of rotatable bonds is 5. The van der Waals surface area contributed by atoms with Gasteiger partial charge in [0.1, 0.15) is 6.54 Å². The first kappa shape index (κ1) is 14.4. The van der Waals surface area contributed by atoms with Gasteiger partial charge in [0.05, 0.1) is 11.4 Å². The quantitative estimate of drug-likeness (QED) is 0.705. The Morgan fingerprint density at radius 1 is 1.41 bits per heavy atom. The Balaban J connectivity index is 2.60. The predicted molar refractivity (Wildman–Crippen MR) is 69.0 cm³/mol. The molecular formula is C12H21NO3S. The van der Waals surface area contributed by atoms with Gasteiger partial charge >= 0.3 is 5.97 Å². The standard InChI is InChI=1S/C12H21NO3S/c1-4-13(9-10(14)16-5-2)11(15)12(3)7-6-8-17-12/h4-9H2,1-3H3. The first-order valence-electron chi connectivity index (χ1n) is 6.12. The van der Waals surface area contributed by atoms with Gasteiger partial charge in [0.2, 0.25) is 5.91 Å². The van der Waals surface area contributed by atoms with Crippen LogP contribution >= 0.6 is 11.8 Å². The zero-order valence-electron chi connectivity index (χ0n) is 10.8. The molecule has 1 atom stereocenters. The number of carbonyl (C=O) groups is 2. The van der Waals surface area contributed by atoms with E-state index in [0.717, 1.165) is 18.6 Å². The Kier molecular flexibility index (Phi) is 5.31. The van der Waals surface area contributed by atoms with Crippen molar-refractivity contribution in [1.29, 1.82) is 0 Å². The van der Waals surface area contributed by atoms with Crippen LogP contribution in [-0.4, -0.2) is 47.0 Å². The maximum Gasteiger partial charge on any atom is 0.325 e. The summed E-state index contributed by atoms with van der Waals surface area (Å²) in [5, 5.41) is 0. The van der Waals surface area contributed by atoms with Gasteiger partial charge in [-0.1, -0.05) is 0 Å². The molecule has 1 heterocycles. The van der Waals surface area contributed by atoms with E-state index in [1.165, 1.54) is 0 Å². The van der Waals surface area contributed by atoms with Gasteiger partial charge in [0.25, 0.3) is 0 Å². The predicted octanol–water partition coefficient (Wildman–Crippen LogP) is 1.68. The highest BCUT2D eigenvalue weighted by molar-refractivity contribution is 8.01. The van der Waals surface area contributed by atoms with E-state index in [-0.39, 0.29) is 23.2 Å². The number of esters is 1. The fourth-order valence-corrected chi connectivity index (χ4v) is 3.25. The molecule has 98 valence electrons. The van der Waals surface area contributed by atoms with E-state index in [1.807, 2.05) is 13.8 Å². The topological polar surface area (TPSA) is 46.6 Å². The van der Waals surface area contributed by atoms with E-state index in [0.29, 0.717) is 13.2 Å². The highest BCUT2D eigenvalue weighted by Gasteiger charge is 2.40. The van der Waals surface area contributed by atoms with E-state index < -0.39 is 0 Å². The van der Waals surface area contributed by atoms with Gasteiger partial charge in [-0.05, 0) is 39.4 Å². The summed E-state index contributed by atoms with van der Waals surface area (Å²) < 4.78 is 4.54. The highest BCUT2D eigenvalue weighted by Crippen LogP contribution is 2.39. The van der Waals surface area contributed by atoms with Crippen LogP contribution in [0.15, 0.2) is 0 Å². The molecule has 0 bridgehead atoms. The molecule has 1 aliphatic heterocycles. The summed E-state index contributed by atoms with van der Waals surface area (Å²) >= 11 is 1.69. The van der Waals surface area contributed by atoms with Crippen molar-refractivity contribution in [1.82, 2.24) is 4.90 Å². The van der Waals surface area contributed by atoms with Crippen molar-refractivity contribution < 1.29 is 14.3 Å². The third-order valence-corrected chi connectivity index (χ3v) is 4.47. The number of likely N-dealkylation sites (N-methyl/N-ethyl adjacent to an activating group) is 1. The second-order valence-electron chi connectivity index (χ2n) is 4.31.